The molecule has 2 rings (SSSR count). The van der Waals surface area contributed by atoms with E-state index in [2.05, 4.69) is 33.0 Å². The first-order valence-corrected chi connectivity index (χ1v) is 6.87. The van der Waals surface area contributed by atoms with E-state index in [-0.39, 0.29) is 11.6 Å². The van der Waals surface area contributed by atoms with Crippen LogP contribution in [0.5, 0.6) is 0 Å². The van der Waals surface area contributed by atoms with Crippen LogP contribution in [0.4, 0.5) is 0 Å². The molecule has 2 heteroatoms. The van der Waals surface area contributed by atoms with Gasteiger partial charge in [-0.15, -0.1) is 0 Å². The van der Waals surface area contributed by atoms with Crippen molar-refractivity contribution in [1.29, 1.82) is 0 Å². The van der Waals surface area contributed by atoms with Gasteiger partial charge in [-0.05, 0) is 51.4 Å². The van der Waals surface area contributed by atoms with E-state index >= 15 is 0 Å². The molecule has 16 heavy (non-hydrogen) atoms. The van der Waals surface area contributed by atoms with Crippen LogP contribution in [-0.4, -0.2) is 22.3 Å². The average molecular weight is 225 g/mol. The molecular weight excluding hydrogens is 198 g/mol. The van der Waals surface area contributed by atoms with E-state index in [0.717, 1.165) is 12.3 Å². The number of rotatable bonds is 2. The molecule has 1 aliphatic heterocycles. The van der Waals surface area contributed by atoms with E-state index in [1.165, 1.54) is 25.7 Å². The van der Waals surface area contributed by atoms with Crippen molar-refractivity contribution in [2.75, 3.05) is 0 Å². The van der Waals surface area contributed by atoms with Gasteiger partial charge in [0.2, 0.25) is 0 Å². The Kier molecular flexibility index (Phi) is 3.09. The molecule has 1 saturated heterocycles. The minimum absolute atomic E-state index is 0.126. The third-order valence-electron chi connectivity index (χ3n) is 5.17. The zero-order valence-corrected chi connectivity index (χ0v) is 11.2. The molecule has 0 spiro atoms. The average Bonchev–Trinajstić information content (AvgIpc) is 2.56. The maximum atomic E-state index is 10.2. The van der Waals surface area contributed by atoms with Gasteiger partial charge in [0.15, 0.2) is 0 Å². The molecule has 2 aliphatic rings. The highest BCUT2D eigenvalue weighted by atomic mass is 16.3. The van der Waals surface area contributed by atoms with Crippen LogP contribution in [0.1, 0.15) is 59.8 Å². The third kappa shape index (κ3) is 1.91. The van der Waals surface area contributed by atoms with Gasteiger partial charge in [0.25, 0.3) is 0 Å². The lowest BCUT2D eigenvalue weighted by atomic mass is 9.80. The summed E-state index contributed by atoms with van der Waals surface area (Å²) in [5.41, 5.74) is 0.166. The van der Waals surface area contributed by atoms with Crippen molar-refractivity contribution in [1.82, 2.24) is 5.32 Å². The van der Waals surface area contributed by atoms with E-state index in [1.807, 2.05) is 0 Å². The molecule has 2 nitrogen and oxygen atoms in total. The highest BCUT2D eigenvalue weighted by Gasteiger charge is 2.50. The first kappa shape index (κ1) is 12.4. The molecule has 0 aromatic rings. The molecule has 94 valence electrons. The molecule has 0 aromatic heterocycles. The molecule has 0 radical (unpaired) electrons. The third-order valence-corrected chi connectivity index (χ3v) is 5.17. The van der Waals surface area contributed by atoms with Gasteiger partial charge in [0.1, 0.15) is 0 Å². The van der Waals surface area contributed by atoms with E-state index in [4.69, 9.17) is 0 Å². The van der Waals surface area contributed by atoms with Crippen LogP contribution >= 0.6 is 0 Å². The fraction of sp³-hybridized carbons (Fsp3) is 1.00. The summed E-state index contributed by atoms with van der Waals surface area (Å²) in [5.74, 6) is 1.44. The van der Waals surface area contributed by atoms with Crippen LogP contribution in [-0.2, 0) is 0 Å². The lowest BCUT2D eigenvalue weighted by Crippen LogP contribution is -2.60. The summed E-state index contributed by atoms with van der Waals surface area (Å²) < 4.78 is 0. The second-order valence-corrected chi connectivity index (χ2v) is 6.67. The minimum atomic E-state index is -0.191. The topological polar surface area (TPSA) is 32.3 Å². The predicted molar refractivity (Wildman–Crippen MR) is 67.4 cm³/mol. The van der Waals surface area contributed by atoms with Crippen molar-refractivity contribution in [3.05, 3.63) is 0 Å². The molecule has 4 atom stereocenters. The Labute approximate surface area is 99.8 Å². The van der Waals surface area contributed by atoms with E-state index in [9.17, 15) is 5.11 Å². The van der Waals surface area contributed by atoms with Gasteiger partial charge < -0.3 is 10.4 Å². The Bertz CT molecular complexity index is 263. The van der Waals surface area contributed by atoms with Gasteiger partial charge in [-0.1, -0.05) is 20.3 Å². The molecule has 1 aliphatic carbocycles. The quantitative estimate of drug-likeness (QED) is 0.757. The summed E-state index contributed by atoms with van der Waals surface area (Å²) in [4.78, 5) is 0. The summed E-state index contributed by atoms with van der Waals surface area (Å²) in [6.07, 6.45) is 5.88. The molecule has 2 N–H and O–H groups in total. The normalized spacial score (nSPS) is 44.1. The molecule has 4 unspecified atom stereocenters. The highest BCUT2D eigenvalue weighted by Crippen LogP contribution is 2.47. The number of aliphatic hydroxyl groups is 1. The van der Waals surface area contributed by atoms with Crippen LogP contribution in [0.3, 0.4) is 0 Å². The van der Waals surface area contributed by atoms with Crippen LogP contribution < -0.4 is 5.32 Å². The number of fused-ring (bicyclic) bond motifs is 2. The molecule has 2 bridgehead atoms. The van der Waals surface area contributed by atoms with Crippen LogP contribution in [0.2, 0.25) is 0 Å². The van der Waals surface area contributed by atoms with Crippen LogP contribution in [0, 0.1) is 11.8 Å². The van der Waals surface area contributed by atoms with Gasteiger partial charge in [-0.3, -0.25) is 0 Å². The molecule has 0 aromatic carbocycles. The Hall–Kier alpha value is -0.0800. The van der Waals surface area contributed by atoms with E-state index in [1.54, 1.807) is 0 Å². The van der Waals surface area contributed by atoms with Crippen LogP contribution in [0.25, 0.3) is 0 Å². The maximum Gasteiger partial charge on any atom is 0.0719 e. The first-order chi connectivity index (χ1) is 7.39. The monoisotopic (exact) mass is 225 g/mol. The Morgan fingerprint density at radius 2 is 2.12 bits per heavy atom. The van der Waals surface area contributed by atoms with Gasteiger partial charge in [0, 0.05) is 11.1 Å². The van der Waals surface area contributed by atoms with Crippen molar-refractivity contribution in [3.63, 3.8) is 0 Å². The molecule has 2 fully saturated rings. The van der Waals surface area contributed by atoms with Crippen molar-refractivity contribution in [2.24, 2.45) is 11.8 Å². The Morgan fingerprint density at radius 1 is 1.44 bits per heavy atom. The van der Waals surface area contributed by atoms with Crippen LogP contribution in [0.15, 0.2) is 0 Å². The van der Waals surface area contributed by atoms with E-state index in [0.29, 0.717) is 11.5 Å². The van der Waals surface area contributed by atoms with Gasteiger partial charge in [-0.25, -0.2) is 0 Å². The summed E-state index contributed by atoms with van der Waals surface area (Å²) in [6.45, 7) is 8.96. The first-order valence-electron chi connectivity index (χ1n) is 6.87. The lowest BCUT2D eigenvalue weighted by molar-refractivity contribution is 0.0430. The molecular formula is C14H27NO. The Morgan fingerprint density at radius 3 is 2.75 bits per heavy atom. The van der Waals surface area contributed by atoms with Crippen molar-refractivity contribution in [3.8, 4) is 0 Å². The highest BCUT2D eigenvalue weighted by molar-refractivity contribution is 5.08. The SMILES string of the molecule is CCC(C)C12CCC(CC(O)C(C)(C)N1)C2. The Balaban J connectivity index is 2.26. The summed E-state index contributed by atoms with van der Waals surface area (Å²) in [7, 11) is 0. The van der Waals surface area contributed by atoms with E-state index < -0.39 is 0 Å². The second kappa shape index (κ2) is 3.99. The maximum absolute atomic E-state index is 10.2. The summed E-state index contributed by atoms with van der Waals surface area (Å²) in [6, 6.07) is 0. The van der Waals surface area contributed by atoms with Crippen molar-refractivity contribution in [2.45, 2.75) is 77.0 Å². The number of hydrogen-bond acceptors (Lipinski definition) is 2. The fourth-order valence-corrected chi connectivity index (χ4v) is 3.79. The molecule has 1 saturated carbocycles. The number of nitrogens with one attached hydrogen (secondary N) is 1. The number of hydrogen-bond donors (Lipinski definition) is 2. The number of aliphatic hydroxyl groups excluding tert-OH is 1. The van der Waals surface area contributed by atoms with Gasteiger partial charge in [0.05, 0.1) is 6.10 Å². The minimum Gasteiger partial charge on any atom is -0.391 e. The predicted octanol–water partition coefficient (Wildman–Crippen LogP) is 2.70. The second-order valence-electron chi connectivity index (χ2n) is 6.67. The smallest absolute Gasteiger partial charge is 0.0719 e. The standard InChI is InChI=1S/C14H27NO/c1-5-10(2)14-7-6-11(9-14)8-12(16)13(3,4)15-14/h10-12,15-16H,5-9H2,1-4H3. The van der Waals surface area contributed by atoms with Crippen molar-refractivity contribution < 1.29 is 5.11 Å². The van der Waals surface area contributed by atoms with Crippen molar-refractivity contribution >= 4 is 0 Å². The largest absolute Gasteiger partial charge is 0.391 e. The lowest BCUT2D eigenvalue weighted by Gasteiger charge is -2.44. The summed E-state index contributed by atoms with van der Waals surface area (Å²) in [5, 5.41) is 14.1. The zero-order chi connectivity index (χ0) is 12.0. The zero-order valence-electron chi connectivity index (χ0n) is 11.2. The fourth-order valence-electron chi connectivity index (χ4n) is 3.79. The summed E-state index contributed by atoms with van der Waals surface area (Å²) >= 11 is 0. The van der Waals surface area contributed by atoms with Gasteiger partial charge >= 0.3 is 0 Å². The molecule has 1 heterocycles. The van der Waals surface area contributed by atoms with Gasteiger partial charge in [-0.2, -0.15) is 0 Å². The molecule has 0 amide bonds.